The van der Waals surface area contributed by atoms with Gasteiger partial charge >= 0.3 is 0 Å². The smallest absolute Gasteiger partial charge is 0.228 e. The summed E-state index contributed by atoms with van der Waals surface area (Å²) in [6.45, 7) is 3.54. The zero-order valence-corrected chi connectivity index (χ0v) is 12.5. The van der Waals surface area contributed by atoms with E-state index in [9.17, 15) is 4.79 Å². The normalized spacial score (nSPS) is 12.2. The number of nitrogens with zero attached hydrogens (tertiary/aromatic N) is 2. The lowest BCUT2D eigenvalue weighted by molar-refractivity contribution is -0.131. The number of aliphatic hydroxyl groups is 1. The van der Waals surface area contributed by atoms with Gasteiger partial charge in [-0.3, -0.25) is 4.79 Å². The summed E-state index contributed by atoms with van der Waals surface area (Å²) in [6, 6.07) is 9.37. The Morgan fingerprint density at radius 1 is 1.38 bits per heavy atom. The van der Waals surface area contributed by atoms with E-state index in [1.807, 2.05) is 30.3 Å². The fourth-order valence-electron chi connectivity index (χ4n) is 1.93. The lowest BCUT2D eigenvalue weighted by Gasteiger charge is -2.22. The summed E-state index contributed by atoms with van der Waals surface area (Å²) >= 11 is 0. The minimum atomic E-state index is -0.210. The molecule has 0 fully saturated rings. The maximum Gasteiger partial charge on any atom is 0.228 e. The molecule has 1 aromatic carbocycles. The van der Waals surface area contributed by atoms with Gasteiger partial charge in [-0.25, -0.2) is 4.98 Å². The molecule has 1 unspecified atom stereocenters. The van der Waals surface area contributed by atoms with Gasteiger partial charge in [-0.15, -0.1) is 0 Å². The van der Waals surface area contributed by atoms with Crippen molar-refractivity contribution in [2.45, 2.75) is 26.3 Å². The molecule has 112 valence electrons. The Balaban J connectivity index is 2.15. The monoisotopic (exact) mass is 288 g/mol. The van der Waals surface area contributed by atoms with Gasteiger partial charge in [0.05, 0.1) is 24.8 Å². The van der Waals surface area contributed by atoms with Crippen LogP contribution >= 0.6 is 0 Å². The molecular weight excluding hydrogens is 268 g/mol. The number of carbonyl (C=O) groups is 1. The summed E-state index contributed by atoms with van der Waals surface area (Å²) in [5.74, 6) is 1.08. The Bertz CT molecular complexity index is 607. The highest BCUT2D eigenvalue weighted by molar-refractivity contribution is 5.78. The number of carbonyl (C=O) groups excluding carboxylic acids is 1. The molecule has 0 spiro atoms. The van der Waals surface area contributed by atoms with Gasteiger partial charge in [0.15, 0.2) is 0 Å². The highest BCUT2D eigenvalue weighted by Crippen LogP contribution is 2.21. The van der Waals surface area contributed by atoms with E-state index in [4.69, 9.17) is 9.52 Å². The summed E-state index contributed by atoms with van der Waals surface area (Å²) in [6.07, 6.45) is 0.170. The molecule has 0 bridgehead atoms. The second-order valence-electron chi connectivity index (χ2n) is 5.10. The van der Waals surface area contributed by atoms with E-state index < -0.39 is 0 Å². The van der Waals surface area contributed by atoms with Crippen molar-refractivity contribution in [3.05, 3.63) is 41.8 Å². The number of hydrogen-bond donors (Lipinski definition) is 1. The first-order chi connectivity index (χ1) is 10.0. The molecule has 1 atom stereocenters. The molecule has 2 rings (SSSR count). The van der Waals surface area contributed by atoms with Crippen LogP contribution in [0.1, 0.15) is 18.4 Å². The summed E-state index contributed by atoms with van der Waals surface area (Å²) < 4.78 is 5.64. The Labute approximate surface area is 124 Å². The van der Waals surface area contributed by atoms with Gasteiger partial charge in [-0.05, 0) is 26.0 Å². The molecule has 0 saturated heterocycles. The van der Waals surface area contributed by atoms with Crippen LogP contribution in [0.15, 0.2) is 34.7 Å². The molecule has 0 aliphatic rings. The molecule has 1 heterocycles. The predicted octanol–water partition coefficient (Wildman–Crippen LogP) is 2.03. The van der Waals surface area contributed by atoms with E-state index >= 15 is 0 Å². The lowest BCUT2D eigenvalue weighted by Crippen LogP contribution is -2.38. The average Bonchev–Trinajstić information content (AvgIpc) is 2.87. The third-order valence-corrected chi connectivity index (χ3v) is 3.55. The number of aromatic nitrogens is 1. The van der Waals surface area contributed by atoms with E-state index in [1.54, 1.807) is 20.9 Å². The SMILES string of the molecule is Cc1oc(-c2ccccc2)nc1CC(=O)N(C)C(C)CO. The average molecular weight is 288 g/mol. The van der Waals surface area contributed by atoms with Crippen LogP contribution in [0.25, 0.3) is 11.5 Å². The molecule has 2 aromatic rings. The van der Waals surface area contributed by atoms with Gasteiger partial charge in [0.2, 0.25) is 11.8 Å². The fraction of sp³-hybridized carbons (Fsp3) is 0.375. The molecule has 1 amide bonds. The van der Waals surface area contributed by atoms with Crippen molar-refractivity contribution < 1.29 is 14.3 Å². The second kappa shape index (κ2) is 6.54. The van der Waals surface area contributed by atoms with Gasteiger partial charge in [0.1, 0.15) is 5.76 Å². The van der Waals surface area contributed by atoms with Crippen molar-refractivity contribution in [2.24, 2.45) is 0 Å². The number of oxazole rings is 1. The number of rotatable bonds is 5. The minimum Gasteiger partial charge on any atom is -0.441 e. The first kappa shape index (κ1) is 15.3. The van der Waals surface area contributed by atoms with E-state index in [1.165, 1.54) is 4.90 Å². The van der Waals surface area contributed by atoms with Crippen molar-refractivity contribution >= 4 is 5.91 Å². The van der Waals surface area contributed by atoms with E-state index in [-0.39, 0.29) is 25.0 Å². The second-order valence-corrected chi connectivity index (χ2v) is 5.10. The Hall–Kier alpha value is -2.14. The van der Waals surface area contributed by atoms with Crippen LogP contribution in [0.2, 0.25) is 0 Å². The van der Waals surface area contributed by atoms with Crippen LogP contribution < -0.4 is 0 Å². The van der Waals surface area contributed by atoms with E-state index in [0.717, 1.165) is 5.56 Å². The molecule has 1 N–H and O–H groups in total. The quantitative estimate of drug-likeness (QED) is 0.914. The third-order valence-electron chi connectivity index (χ3n) is 3.55. The molecule has 5 nitrogen and oxygen atoms in total. The van der Waals surface area contributed by atoms with Gasteiger partial charge < -0.3 is 14.4 Å². The summed E-state index contributed by atoms with van der Waals surface area (Å²) in [5, 5.41) is 9.10. The molecule has 1 aromatic heterocycles. The Morgan fingerprint density at radius 3 is 2.67 bits per heavy atom. The highest BCUT2D eigenvalue weighted by Gasteiger charge is 2.19. The summed E-state index contributed by atoms with van der Waals surface area (Å²) in [7, 11) is 1.68. The van der Waals surface area contributed by atoms with Crippen molar-refractivity contribution in [3.63, 3.8) is 0 Å². The molecule has 0 radical (unpaired) electrons. The van der Waals surface area contributed by atoms with Crippen LogP contribution in [-0.4, -0.2) is 40.6 Å². The molecule has 0 aliphatic carbocycles. The van der Waals surface area contributed by atoms with Gasteiger partial charge in [0, 0.05) is 12.6 Å². The Morgan fingerprint density at radius 2 is 2.05 bits per heavy atom. The summed E-state index contributed by atoms with van der Waals surface area (Å²) in [5.41, 5.74) is 1.52. The molecule has 5 heteroatoms. The van der Waals surface area contributed by atoms with Crippen molar-refractivity contribution in [1.29, 1.82) is 0 Å². The van der Waals surface area contributed by atoms with E-state index in [0.29, 0.717) is 17.3 Å². The number of likely N-dealkylation sites (N-methyl/N-ethyl adjacent to an activating group) is 1. The number of aliphatic hydroxyl groups excluding tert-OH is 1. The third kappa shape index (κ3) is 3.49. The van der Waals surface area contributed by atoms with Gasteiger partial charge in [-0.1, -0.05) is 18.2 Å². The van der Waals surface area contributed by atoms with E-state index in [2.05, 4.69) is 4.98 Å². The van der Waals surface area contributed by atoms with Crippen molar-refractivity contribution in [2.75, 3.05) is 13.7 Å². The van der Waals surface area contributed by atoms with Crippen LogP contribution in [0.5, 0.6) is 0 Å². The van der Waals surface area contributed by atoms with Crippen LogP contribution in [0, 0.1) is 6.92 Å². The maximum absolute atomic E-state index is 12.1. The van der Waals surface area contributed by atoms with Crippen molar-refractivity contribution in [3.8, 4) is 11.5 Å². The number of benzene rings is 1. The number of amides is 1. The molecule has 21 heavy (non-hydrogen) atoms. The fourth-order valence-corrected chi connectivity index (χ4v) is 1.93. The van der Waals surface area contributed by atoms with Crippen LogP contribution in [0.4, 0.5) is 0 Å². The first-order valence-electron chi connectivity index (χ1n) is 6.91. The highest BCUT2D eigenvalue weighted by atomic mass is 16.4. The maximum atomic E-state index is 12.1. The standard InChI is InChI=1S/C16H20N2O3/c1-11(10-19)18(3)15(20)9-14-12(2)21-16(17-14)13-7-5-4-6-8-13/h4-8,11,19H,9-10H2,1-3H3. The minimum absolute atomic E-state index is 0.0602. The molecule has 0 aliphatic heterocycles. The lowest BCUT2D eigenvalue weighted by atomic mass is 10.2. The first-order valence-corrected chi connectivity index (χ1v) is 6.91. The molecule has 0 saturated carbocycles. The predicted molar refractivity (Wildman–Crippen MR) is 79.7 cm³/mol. The summed E-state index contributed by atoms with van der Waals surface area (Å²) in [4.78, 5) is 18.1. The largest absolute Gasteiger partial charge is 0.441 e. The Kier molecular flexibility index (Phi) is 4.75. The van der Waals surface area contributed by atoms with Crippen LogP contribution in [0.3, 0.4) is 0 Å². The topological polar surface area (TPSA) is 66.6 Å². The number of hydrogen-bond acceptors (Lipinski definition) is 4. The van der Waals surface area contributed by atoms with Crippen LogP contribution in [-0.2, 0) is 11.2 Å². The van der Waals surface area contributed by atoms with Gasteiger partial charge in [0.25, 0.3) is 0 Å². The van der Waals surface area contributed by atoms with Crippen molar-refractivity contribution in [1.82, 2.24) is 9.88 Å². The number of aryl methyl sites for hydroxylation is 1. The van der Waals surface area contributed by atoms with Gasteiger partial charge in [-0.2, -0.15) is 0 Å². The zero-order valence-electron chi connectivity index (χ0n) is 12.5. The zero-order chi connectivity index (χ0) is 15.4. The molecular formula is C16H20N2O3.